The third-order valence-corrected chi connectivity index (χ3v) is 2.44. The van der Waals surface area contributed by atoms with E-state index in [0.29, 0.717) is 17.9 Å². The molecule has 5 heteroatoms. The molecule has 0 heterocycles. The molecule has 0 aromatic heterocycles. The number of Topliss-reactive ketones (excluding diaryl/α,β-unsaturated/α-hetero) is 1. The van der Waals surface area contributed by atoms with Gasteiger partial charge in [0.1, 0.15) is 0 Å². The maximum Gasteiger partial charge on any atom is 0.306 e. The normalized spacial score (nSPS) is 9.79. The van der Waals surface area contributed by atoms with Gasteiger partial charge >= 0.3 is 5.97 Å². The third kappa shape index (κ3) is 5.33. The first-order valence-electron chi connectivity index (χ1n) is 6.09. The van der Waals surface area contributed by atoms with Gasteiger partial charge in [0.25, 0.3) is 0 Å². The highest BCUT2D eigenvalue weighted by atomic mass is 16.5. The molecule has 0 bridgehead atoms. The zero-order valence-corrected chi connectivity index (χ0v) is 11.1. The predicted octanol–water partition coefficient (Wildman–Crippen LogP) is 2.17. The Kier molecular flexibility index (Phi) is 5.73. The van der Waals surface area contributed by atoms with E-state index in [0.717, 1.165) is 0 Å². The summed E-state index contributed by atoms with van der Waals surface area (Å²) in [5.74, 6) is -0.673. The van der Waals surface area contributed by atoms with Gasteiger partial charge in [-0.3, -0.25) is 14.4 Å². The van der Waals surface area contributed by atoms with E-state index in [1.807, 2.05) is 0 Å². The molecule has 0 unspecified atom stereocenters. The molecule has 0 saturated heterocycles. The number of carbonyl (C=O) groups is 3. The van der Waals surface area contributed by atoms with E-state index in [4.69, 9.17) is 4.74 Å². The fraction of sp³-hybridized carbons (Fsp3) is 0.357. The Labute approximate surface area is 111 Å². The molecule has 0 aliphatic carbocycles. The average molecular weight is 263 g/mol. The van der Waals surface area contributed by atoms with Crippen molar-refractivity contribution in [2.24, 2.45) is 0 Å². The number of nitrogens with one attached hydrogen (secondary N) is 1. The summed E-state index contributed by atoms with van der Waals surface area (Å²) in [4.78, 5) is 33.7. The van der Waals surface area contributed by atoms with Crippen LogP contribution in [0.3, 0.4) is 0 Å². The topological polar surface area (TPSA) is 72.5 Å². The summed E-state index contributed by atoms with van der Waals surface area (Å²) in [7, 11) is 0. The number of rotatable bonds is 6. The molecule has 102 valence electrons. The standard InChI is InChI=1S/C14H17NO4/c1-3-19-14(18)9-8-13(17)15-12-6-4-11(5-7-12)10(2)16/h4-7H,3,8-9H2,1-2H3,(H,15,17). The molecule has 0 aliphatic heterocycles. The first kappa shape index (κ1) is 14.9. The Bertz CT molecular complexity index is 465. The van der Waals surface area contributed by atoms with Gasteiger partial charge < -0.3 is 10.1 Å². The number of hydrogen-bond acceptors (Lipinski definition) is 4. The number of carbonyl (C=O) groups excluding carboxylic acids is 3. The molecule has 0 fully saturated rings. The Morgan fingerprint density at radius 3 is 2.26 bits per heavy atom. The number of benzene rings is 1. The number of ether oxygens (including phenoxy) is 1. The summed E-state index contributed by atoms with van der Waals surface area (Å²) in [6, 6.07) is 6.59. The van der Waals surface area contributed by atoms with Crippen LogP contribution in [0.1, 0.15) is 37.0 Å². The largest absolute Gasteiger partial charge is 0.466 e. The summed E-state index contributed by atoms with van der Waals surface area (Å²) in [5.41, 5.74) is 1.18. The number of esters is 1. The molecule has 0 radical (unpaired) electrons. The van der Waals surface area contributed by atoms with Crippen LogP contribution < -0.4 is 5.32 Å². The molecule has 1 N–H and O–H groups in total. The van der Waals surface area contributed by atoms with Crippen molar-refractivity contribution in [3.05, 3.63) is 29.8 Å². The van der Waals surface area contributed by atoms with Crippen LogP contribution in [0.5, 0.6) is 0 Å². The zero-order valence-electron chi connectivity index (χ0n) is 11.1. The first-order chi connectivity index (χ1) is 9.02. The van der Waals surface area contributed by atoms with E-state index >= 15 is 0 Å². The first-order valence-corrected chi connectivity index (χ1v) is 6.09. The number of hydrogen-bond donors (Lipinski definition) is 1. The Morgan fingerprint density at radius 1 is 1.11 bits per heavy atom. The van der Waals surface area contributed by atoms with Crippen molar-refractivity contribution in [1.29, 1.82) is 0 Å². The van der Waals surface area contributed by atoms with Crippen molar-refractivity contribution < 1.29 is 19.1 Å². The third-order valence-electron chi connectivity index (χ3n) is 2.44. The summed E-state index contributed by atoms with van der Waals surface area (Å²) < 4.78 is 4.73. The molecule has 0 spiro atoms. The Hall–Kier alpha value is -2.17. The van der Waals surface area contributed by atoms with E-state index in [1.165, 1.54) is 6.92 Å². The molecular weight excluding hydrogens is 246 g/mol. The SMILES string of the molecule is CCOC(=O)CCC(=O)Nc1ccc(C(C)=O)cc1. The molecule has 1 aromatic rings. The fourth-order valence-electron chi connectivity index (χ4n) is 1.46. The number of amides is 1. The van der Waals surface area contributed by atoms with Crippen LogP contribution in [0, 0.1) is 0 Å². The van der Waals surface area contributed by atoms with Gasteiger partial charge in [-0.2, -0.15) is 0 Å². The van der Waals surface area contributed by atoms with Crippen LogP contribution in [-0.2, 0) is 14.3 Å². The van der Waals surface area contributed by atoms with Gasteiger partial charge in [0.2, 0.25) is 5.91 Å². The highest BCUT2D eigenvalue weighted by Crippen LogP contribution is 2.10. The van der Waals surface area contributed by atoms with Crippen LogP contribution in [0.15, 0.2) is 24.3 Å². The number of ketones is 1. The lowest BCUT2D eigenvalue weighted by molar-refractivity contribution is -0.144. The van der Waals surface area contributed by atoms with Gasteiger partial charge in [-0.15, -0.1) is 0 Å². The number of anilines is 1. The van der Waals surface area contributed by atoms with Crippen LogP contribution in [0.25, 0.3) is 0 Å². The van der Waals surface area contributed by atoms with Gasteiger partial charge in [-0.05, 0) is 38.1 Å². The second kappa shape index (κ2) is 7.31. The average Bonchev–Trinajstić information content (AvgIpc) is 2.37. The van der Waals surface area contributed by atoms with Gasteiger partial charge in [-0.25, -0.2) is 0 Å². The summed E-state index contributed by atoms with van der Waals surface area (Å²) in [5, 5.41) is 2.65. The van der Waals surface area contributed by atoms with Crippen LogP contribution in [0.2, 0.25) is 0 Å². The summed E-state index contributed by atoms with van der Waals surface area (Å²) in [6.07, 6.45) is 0.137. The maximum absolute atomic E-state index is 11.6. The van der Waals surface area contributed by atoms with E-state index < -0.39 is 0 Å². The van der Waals surface area contributed by atoms with Gasteiger partial charge in [0.05, 0.1) is 13.0 Å². The summed E-state index contributed by atoms with van der Waals surface area (Å²) >= 11 is 0. The molecule has 1 amide bonds. The van der Waals surface area contributed by atoms with Crippen molar-refractivity contribution in [3.63, 3.8) is 0 Å². The molecule has 0 aliphatic rings. The highest BCUT2D eigenvalue weighted by Gasteiger charge is 2.08. The molecular formula is C14H17NO4. The van der Waals surface area contributed by atoms with Crippen LogP contribution >= 0.6 is 0 Å². The van der Waals surface area contributed by atoms with Crippen LogP contribution in [0.4, 0.5) is 5.69 Å². The van der Waals surface area contributed by atoms with Crippen LogP contribution in [-0.4, -0.2) is 24.3 Å². The molecule has 1 rings (SSSR count). The van der Waals surface area contributed by atoms with E-state index in [2.05, 4.69) is 5.32 Å². The summed E-state index contributed by atoms with van der Waals surface area (Å²) in [6.45, 7) is 3.51. The van der Waals surface area contributed by atoms with E-state index in [9.17, 15) is 14.4 Å². The minimum atomic E-state index is -0.385. The lowest BCUT2D eigenvalue weighted by Gasteiger charge is -2.05. The zero-order chi connectivity index (χ0) is 14.3. The molecule has 5 nitrogen and oxygen atoms in total. The molecule has 0 saturated carbocycles. The second-order valence-corrected chi connectivity index (χ2v) is 3.99. The van der Waals surface area contributed by atoms with E-state index in [-0.39, 0.29) is 30.5 Å². The predicted molar refractivity (Wildman–Crippen MR) is 70.9 cm³/mol. The maximum atomic E-state index is 11.6. The molecule has 0 atom stereocenters. The molecule has 19 heavy (non-hydrogen) atoms. The van der Waals surface area contributed by atoms with Crippen molar-refractivity contribution in [2.45, 2.75) is 26.7 Å². The monoisotopic (exact) mass is 263 g/mol. The smallest absolute Gasteiger partial charge is 0.306 e. The van der Waals surface area contributed by atoms with Gasteiger partial charge in [0.15, 0.2) is 5.78 Å². The van der Waals surface area contributed by atoms with Gasteiger partial charge in [-0.1, -0.05) is 0 Å². The lowest BCUT2D eigenvalue weighted by atomic mass is 10.1. The van der Waals surface area contributed by atoms with Crippen molar-refractivity contribution >= 4 is 23.3 Å². The molecule has 1 aromatic carbocycles. The van der Waals surface area contributed by atoms with E-state index in [1.54, 1.807) is 31.2 Å². The fourth-order valence-corrected chi connectivity index (χ4v) is 1.46. The minimum absolute atomic E-state index is 0.0276. The van der Waals surface area contributed by atoms with Crippen molar-refractivity contribution in [1.82, 2.24) is 0 Å². The quantitative estimate of drug-likeness (QED) is 0.630. The lowest BCUT2D eigenvalue weighted by Crippen LogP contribution is -2.14. The van der Waals surface area contributed by atoms with Crippen molar-refractivity contribution in [2.75, 3.05) is 11.9 Å². The Morgan fingerprint density at radius 2 is 1.74 bits per heavy atom. The second-order valence-electron chi connectivity index (χ2n) is 3.99. The van der Waals surface area contributed by atoms with Crippen molar-refractivity contribution in [3.8, 4) is 0 Å². The van der Waals surface area contributed by atoms with Gasteiger partial charge in [0, 0.05) is 17.7 Å². The minimum Gasteiger partial charge on any atom is -0.466 e. The Balaban J connectivity index is 2.44. The highest BCUT2D eigenvalue weighted by molar-refractivity contribution is 5.96.